The number of guanidine groups is 1. The summed E-state index contributed by atoms with van der Waals surface area (Å²) in [5.74, 6) is 1.58. The molecule has 2 N–H and O–H groups in total. The Kier molecular flexibility index (Phi) is 3.08. The van der Waals surface area contributed by atoms with Crippen molar-refractivity contribution in [3.63, 3.8) is 0 Å². The summed E-state index contributed by atoms with van der Waals surface area (Å²) in [6.45, 7) is 8.71. The van der Waals surface area contributed by atoms with Crippen LogP contribution in [0.1, 0.15) is 49.4 Å². The molecule has 2 aliphatic rings. The summed E-state index contributed by atoms with van der Waals surface area (Å²) in [4.78, 5) is 9.63. The molecule has 0 bridgehead atoms. The van der Waals surface area contributed by atoms with E-state index in [9.17, 15) is 0 Å². The summed E-state index contributed by atoms with van der Waals surface area (Å²) in [6, 6.07) is 4.91. The maximum absolute atomic E-state index is 6.06. The van der Waals surface area contributed by atoms with Crippen LogP contribution in [0.15, 0.2) is 17.1 Å². The lowest BCUT2D eigenvalue weighted by molar-refractivity contribution is 0.338. The lowest BCUT2D eigenvalue weighted by atomic mass is 9.95. The first-order valence-corrected chi connectivity index (χ1v) is 7.93. The molecule has 1 aromatic rings. The van der Waals surface area contributed by atoms with Gasteiger partial charge in [-0.1, -0.05) is 20.8 Å². The van der Waals surface area contributed by atoms with Crippen molar-refractivity contribution in [3.05, 3.63) is 21.9 Å². The average molecular weight is 277 g/mol. The number of hydrogen-bond acceptors (Lipinski definition) is 4. The van der Waals surface area contributed by atoms with Gasteiger partial charge >= 0.3 is 0 Å². The Balaban J connectivity index is 1.79. The Labute approximate surface area is 119 Å². The van der Waals surface area contributed by atoms with E-state index in [4.69, 9.17) is 5.73 Å². The molecule has 1 aliphatic heterocycles. The molecule has 3 rings (SSSR count). The molecule has 1 fully saturated rings. The minimum absolute atomic E-state index is 0.231. The summed E-state index contributed by atoms with van der Waals surface area (Å²) in [5.41, 5.74) is 6.29. The summed E-state index contributed by atoms with van der Waals surface area (Å²) in [6.07, 6.45) is 2.71. The van der Waals surface area contributed by atoms with Crippen LogP contribution in [0.3, 0.4) is 0 Å². The van der Waals surface area contributed by atoms with Crippen molar-refractivity contribution in [2.75, 3.05) is 13.1 Å². The predicted octanol–water partition coefficient (Wildman–Crippen LogP) is 3.13. The molecule has 0 amide bonds. The van der Waals surface area contributed by atoms with Gasteiger partial charge in [-0.05, 0) is 36.3 Å². The van der Waals surface area contributed by atoms with Crippen LogP contribution >= 0.6 is 11.3 Å². The third-order valence-corrected chi connectivity index (χ3v) is 5.56. The lowest BCUT2D eigenvalue weighted by Gasteiger charge is -2.25. The van der Waals surface area contributed by atoms with Crippen LogP contribution in [-0.2, 0) is 5.41 Å². The molecule has 1 saturated carbocycles. The number of nitrogens with two attached hydrogens (primary N) is 1. The van der Waals surface area contributed by atoms with Gasteiger partial charge in [-0.3, -0.25) is 4.99 Å². The van der Waals surface area contributed by atoms with Crippen LogP contribution in [0.25, 0.3) is 0 Å². The standard InChI is InChI=1S/C15H23N3S/c1-15(2,3)13-7-6-12(19-13)11-8-17-14(16)18(11)9-10-4-5-10/h6-7,10-11H,4-5,8-9H2,1-3H3,(H2,16,17). The molecule has 2 heterocycles. The van der Waals surface area contributed by atoms with Gasteiger partial charge in [0.2, 0.25) is 0 Å². The normalized spacial score (nSPS) is 23.8. The third-order valence-electron chi connectivity index (χ3n) is 3.94. The largest absolute Gasteiger partial charge is 0.370 e. The molecule has 1 atom stereocenters. The fourth-order valence-corrected chi connectivity index (χ4v) is 3.68. The molecule has 1 unspecified atom stereocenters. The van der Waals surface area contributed by atoms with Gasteiger partial charge < -0.3 is 10.6 Å². The van der Waals surface area contributed by atoms with E-state index in [1.165, 1.54) is 22.6 Å². The van der Waals surface area contributed by atoms with E-state index in [1.54, 1.807) is 0 Å². The van der Waals surface area contributed by atoms with E-state index in [0.29, 0.717) is 6.04 Å². The zero-order valence-electron chi connectivity index (χ0n) is 12.0. The molecule has 0 aromatic carbocycles. The monoisotopic (exact) mass is 277 g/mol. The van der Waals surface area contributed by atoms with Crippen LogP contribution in [-0.4, -0.2) is 23.9 Å². The molecule has 3 nitrogen and oxygen atoms in total. The molecule has 1 aromatic heterocycles. The average Bonchev–Trinajstić information content (AvgIpc) is 2.85. The quantitative estimate of drug-likeness (QED) is 0.922. The summed E-state index contributed by atoms with van der Waals surface area (Å²) in [7, 11) is 0. The minimum Gasteiger partial charge on any atom is -0.370 e. The van der Waals surface area contributed by atoms with Gasteiger partial charge in [-0.2, -0.15) is 0 Å². The highest BCUT2D eigenvalue weighted by molar-refractivity contribution is 7.12. The number of thiophene rings is 1. The number of aliphatic imine (C=N–C) groups is 1. The van der Waals surface area contributed by atoms with Crippen molar-refractivity contribution in [1.29, 1.82) is 0 Å². The Morgan fingerprint density at radius 2 is 2.11 bits per heavy atom. The Morgan fingerprint density at radius 3 is 2.68 bits per heavy atom. The SMILES string of the molecule is CC(C)(C)c1ccc(C2CN=C(N)N2CC2CC2)s1. The van der Waals surface area contributed by atoms with Crippen LogP contribution in [0.2, 0.25) is 0 Å². The van der Waals surface area contributed by atoms with Crippen LogP contribution in [0.4, 0.5) is 0 Å². The molecular formula is C15H23N3S. The molecule has 19 heavy (non-hydrogen) atoms. The Hall–Kier alpha value is -1.03. The number of rotatable bonds is 3. The van der Waals surface area contributed by atoms with Crippen LogP contribution in [0.5, 0.6) is 0 Å². The minimum atomic E-state index is 0.231. The smallest absolute Gasteiger partial charge is 0.191 e. The fourth-order valence-electron chi connectivity index (χ4n) is 2.51. The fraction of sp³-hybridized carbons (Fsp3) is 0.667. The van der Waals surface area contributed by atoms with E-state index in [2.05, 4.69) is 42.8 Å². The van der Waals surface area contributed by atoms with Crippen LogP contribution < -0.4 is 5.73 Å². The van der Waals surface area contributed by atoms with E-state index in [0.717, 1.165) is 25.0 Å². The molecule has 0 saturated heterocycles. The maximum Gasteiger partial charge on any atom is 0.191 e. The summed E-state index contributed by atoms with van der Waals surface area (Å²) >= 11 is 1.92. The van der Waals surface area contributed by atoms with Gasteiger partial charge in [0.15, 0.2) is 5.96 Å². The van der Waals surface area contributed by atoms with E-state index < -0.39 is 0 Å². The number of hydrogen-bond donors (Lipinski definition) is 1. The highest BCUT2D eigenvalue weighted by Crippen LogP contribution is 2.38. The molecule has 0 spiro atoms. The molecule has 0 radical (unpaired) electrons. The first-order chi connectivity index (χ1) is 8.95. The van der Waals surface area contributed by atoms with E-state index in [-0.39, 0.29) is 5.41 Å². The van der Waals surface area contributed by atoms with Gasteiger partial charge in [0.25, 0.3) is 0 Å². The summed E-state index contributed by atoms with van der Waals surface area (Å²) < 4.78 is 0. The molecule has 104 valence electrons. The zero-order chi connectivity index (χ0) is 13.6. The van der Waals surface area contributed by atoms with Crippen LogP contribution in [0, 0.1) is 5.92 Å². The summed E-state index contributed by atoms with van der Waals surface area (Å²) in [5, 5.41) is 0. The lowest BCUT2D eigenvalue weighted by Crippen LogP contribution is -2.37. The topological polar surface area (TPSA) is 41.6 Å². The van der Waals surface area contributed by atoms with E-state index in [1.807, 2.05) is 11.3 Å². The second kappa shape index (κ2) is 4.51. The first-order valence-electron chi connectivity index (χ1n) is 7.12. The first kappa shape index (κ1) is 13.0. The highest BCUT2D eigenvalue weighted by Gasteiger charge is 2.34. The van der Waals surface area contributed by atoms with Gasteiger partial charge in [0.1, 0.15) is 0 Å². The Morgan fingerprint density at radius 1 is 1.37 bits per heavy atom. The van der Waals surface area contributed by atoms with Crippen molar-refractivity contribution in [2.24, 2.45) is 16.6 Å². The van der Waals surface area contributed by atoms with Crippen molar-refractivity contribution >= 4 is 17.3 Å². The number of nitrogens with zero attached hydrogens (tertiary/aromatic N) is 2. The Bertz CT molecular complexity index is 494. The second-order valence-electron chi connectivity index (χ2n) is 6.76. The van der Waals surface area contributed by atoms with Crippen molar-refractivity contribution < 1.29 is 0 Å². The second-order valence-corrected chi connectivity index (χ2v) is 7.88. The zero-order valence-corrected chi connectivity index (χ0v) is 12.8. The maximum atomic E-state index is 6.06. The van der Waals surface area contributed by atoms with Gasteiger partial charge in [0, 0.05) is 16.3 Å². The van der Waals surface area contributed by atoms with Gasteiger partial charge in [-0.15, -0.1) is 11.3 Å². The van der Waals surface area contributed by atoms with Gasteiger partial charge in [-0.25, -0.2) is 0 Å². The predicted molar refractivity (Wildman–Crippen MR) is 81.7 cm³/mol. The highest BCUT2D eigenvalue weighted by atomic mass is 32.1. The van der Waals surface area contributed by atoms with Gasteiger partial charge in [0.05, 0.1) is 12.6 Å². The van der Waals surface area contributed by atoms with E-state index >= 15 is 0 Å². The van der Waals surface area contributed by atoms with Crippen molar-refractivity contribution in [3.8, 4) is 0 Å². The molecule has 1 aliphatic carbocycles. The molecule has 4 heteroatoms. The molecular weight excluding hydrogens is 254 g/mol. The third kappa shape index (κ3) is 2.64. The van der Waals surface area contributed by atoms with Crippen molar-refractivity contribution in [1.82, 2.24) is 4.90 Å². The van der Waals surface area contributed by atoms with Crippen molar-refractivity contribution in [2.45, 2.75) is 45.1 Å².